The van der Waals surface area contributed by atoms with Crippen LogP contribution in [0.4, 0.5) is 17.1 Å². The number of hydrogen-bond donors (Lipinski definition) is 2. The van der Waals surface area contributed by atoms with Crippen molar-refractivity contribution in [1.82, 2.24) is 0 Å². The molecule has 3 aromatic rings. The van der Waals surface area contributed by atoms with Gasteiger partial charge in [0, 0.05) is 41.8 Å². The molecule has 2 N–H and O–H groups in total. The van der Waals surface area contributed by atoms with E-state index in [-0.39, 0.29) is 11.8 Å². The second-order valence-corrected chi connectivity index (χ2v) is 8.66. The molecule has 0 saturated carbocycles. The summed E-state index contributed by atoms with van der Waals surface area (Å²) in [4.78, 5) is 28.0. The number of nitrogens with zero attached hydrogens (tertiary/aromatic N) is 1. The van der Waals surface area contributed by atoms with E-state index >= 15 is 0 Å². The topological polar surface area (TPSA) is 79.9 Å². The predicted octanol–water partition coefficient (Wildman–Crippen LogP) is 4.65. The Hall–Kier alpha value is -4.00. The SMILES string of the molecule is Cc1ccc(NC(=O)c2ccc3c(c2)OCCO3)cc1NC(=O)c1ccc2c(c1)CCCN2C. The molecule has 0 bridgehead atoms. The van der Waals surface area contributed by atoms with Gasteiger partial charge in [-0.2, -0.15) is 0 Å². The van der Waals surface area contributed by atoms with E-state index < -0.39 is 0 Å². The van der Waals surface area contributed by atoms with E-state index in [2.05, 4.69) is 22.6 Å². The maximum atomic E-state index is 13.0. The van der Waals surface area contributed by atoms with E-state index in [0.717, 1.165) is 24.9 Å². The molecule has 7 heteroatoms. The fourth-order valence-electron chi connectivity index (χ4n) is 4.34. The van der Waals surface area contributed by atoms with Crippen LogP contribution in [-0.2, 0) is 6.42 Å². The Labute approximate surface area is 198 Å². The van der Waals surface area contributed by atoms with Gasteiger partial charge in [0.15, 0.2) is 11.5 Å². The number of aryl methyl sites for hydroxylation is 2. The van der Waals surface area contributed by atoms with Gasteiger partial charge in [-0.05, 0) is 79.4 Å². The van der Waals surface area contributed by atoms with Gasteiger partial charge in [-0.15, -0.1) is 0 Å². The largest absolute Gasteiger partial charge is 0.486 e. The molecule has 0 atom stereocenters. The number of fused-ring (bicyclic) bond motifs is 2. The average Bonchev–Trinajstić information content (AvgIpc) is 2.85. The number of hydrogen-bond acceptors (Lipinski definition) is 5. The second-order valence-electron chi connectivity index (χ2n) is 8.66. The van der Waals surface area contributed by atoms with Crippen LogP contribution < -0.4 is 25.0 Å². The molecule has 2 heterocycles. The highest BCUT2D eigenvalue weighted by molar-refractivity contribution is 6.07. The highest BCUT2D eigenvalue weighted by Gasteiger charge is 2.18. The maximum Gasteiger partial charge on any atom is 0.255 e. The summed E-state index contributed by atoms with van der Waals surface area (Å²) >= 11 is 0. The van der Waals surface area contributed by atoms with Crippen LogP contribution in [0, 0.1) is 6.92 Å². The van der Waals surface area contributed by atoms with Crippen LogP contribution in [-0.4, -0.2) is 38.6 Å². The minimum atomic E-state index is -0.267. The van der Waals surface area contributed by atoms with E-state index in [1.807, 2.05) is 37.3 Å². The van der Waals surface area contributed by atoms with Crippen LogP contribution in [0.2, 0.25) is 0 Å². The van der Waals surface area contributed by atoms with Gasteiger partial charge < -0.3 is 25.0 Å². The van der Waals surface area contributed by atoms with Crippen LogP contribution in [0.25, 0.3) is 0 Å². The highest BCUT2D eigenvalue weighted by atomic mass is 16.6. The number of nitrogens with one attached hydrogen (secondary N) is 2. The van der Waals surface area contributed by atoms with Gasteiger partial charge in [-0.3, -0.25) is 9.59 Å². The molecule has 0 aromatic heterocycles. The van der Waals surface area contributed by atoms with Crippen molar-refractivity contribution in [2.75, 3.05) is 42.3 Å². The molecule has 2 amide bonds. The monoisotopic (exact) mass is 457 g/mol. The third-order valence-electron chi connectivity index (χ3n) is 6.24. The quantitative estimate of drug-likeness (QED) is 0.596. The zero-order chi connectivity index (χ0) is 23.7. The number of carbonyl (C=O) groups excluding carboxylic acids is 2. The lowest BCUT2D eigenvalue weighted by molar-refractivity contribution is 0.101. The van der Waals surface area contributed by atoms with Crippen molar-refractivity contribution in [2.45, 2.75) is 19.8 Å². The maximum absolute atomic E-state index is 13.0. The molecule has 174 valence electrons. The average molecular weight is 458 g/mol. The van der Waals surface area contributed by atoms with Crippen molar-refractivity contribution >= 4 is 28.9 Å². The van der Waals surface area contributed by atoms with Gasteiger partial charge in [0.2, 0.25) is 0 Å². The van der Waals surface area contributed by atoms with Gasteiger partial charge in [0.25, 0.3) is 11.8 Å². The Morgan fingerprint density at radius 2 is 1.59 bits per heavy atom. The molecule has 34 heavy (non-hydrogen) atoms. The standard InChI is InChI=1S/C27H27N3O4/c1-17-5-8-21(28-26(31)20-7-10-24-25(15-20)34-13-12-33-24)16-22(17)29-27(32)19-6-9-23-18(14-19)4-3-11-30(23)2/h5-10,14-16H,3-4,11-13H2,1-2H3,(H,28,31)(H,29,32). The Morgan fingerprint density at radius 3 is 2.44 bits per heavy atom. The van der Waals surface area contributed by atoms with Crippen molar-refractivity contribution in [3.8, 4) is 11.5 Å². The minimum absolute atomic E-state index is 0.172. The summed E-state index contributed by atoms with van der Waals surface area (Å²) in [5.41, 5.74) is 5.62. The fourth-order valence-corrected chi connectivity index (χ4v) is 4.34. The molecule has 3 aromatic carbocycles. The van der Waals surface area contributed by atoms with Gasteiger partial charge in [0.1, 0.15) is 13.2 Å². The lowest BCUT2D eigenvalue weighted by atomic mass is 9.99. The second kappa shape index (κ2) is 9.09. The van der Waals surface area contributed by atoms with E-state index in [1.54, 1.807) is 24.3 Å². The molecule has 0 radical (unpaired) electrons. The Kier molecular flexibility index (Phi) is 5.84. The van der Waals surface area contributed by atoms with Crippen LogP contribution in [0.1, 0.15) is 38.3 Å². The highest BCUT2D eigenvalue weighted by Crippen LogP contribution is 2.31. The fraction of sp³-hybridized carbons (Fsp3) is 0.259. The molecular weight excluding hydrogens is 430 g/mol. The van der Waals surface area contributed by atoms with Crippen LogP contribution in [0.5, 0.6) is 11.5 Å². The molecule has 5 rings (SSSR count). The normalized spacial score (nSPS) is 14.2. The Morgan fingerprint density at radius 1 is 0.853 bits per heavy atom. The molecule has 0 saturated heterocycles. The summed E-state index contributed by atoms with van der Waals surface area (Å²) in [5.74, 6) is 0.760. The van der Waals surface area contributed by atoms with Gasteiger partial charge >= 0.3 is 0 Å². The van der Waals surface area contributed by atoms with E-state index in [1.165, 1.54) is 11.3 Å². The first-order valence-corrected chi connectivity index (χ1v) is 11.4. The summed E-state index contributed by atoms with van der Waals surface area (Å²) in [6.07, 6.45) is 2.06. The van der Waals surface area contributed by atoms with Gasteiger partial charge in [-0.1, -0.05) is 6.07 Å². The van der Waals surface area contributed by atoms with Crippen molar-refractivity contribution in [3.63, 3.8) is 0 Å². The number of anilines is 3. The molecule has 2 aliphatic heterocycles. The van der Waals surface area contributed by atoms with Crippen molar-refractivity contribution in [2.24, 2.45) is 0 Å². The third-order valence-corrected chi connectivity index (χ3v) is 6.24. The van der Waals surface area contributed by atoms with Gasteiger partial charge in [-0.25, -0.2) is 0 Å². The third kappa shape index (κ3) is 4.41. The molecule has 0 aliphatic carbocycles. The number of ether oxygens (including phenoxy) is 2. The predicted molar refractivity (Wildman–Crippen MR) is 133 cm³/mol. The number of benzene rings is 3. The molecule has 0 spiro atoms. The number of carbonyl (C=O) groups is 2. The van der Waals surface area contributed by atoms with Crippen LogP contribution >= 0.6 is 0 Å². The van der Waals surface area contributed by atoms with Crippen LogP contribution in [0.15, 0.2) is 54.6 Å². The zero-order valence-corrected chi connectivity index (χ0v) is 19.3. The van der Waals surface area contributed by atoms with Crippen LogP contribution in [0.3, 0.4) is 0 Å². The molecule has 0 fully saturated rings. The Balaban J connectivity index is 1.31. The summed E-state index contributed by atoms with van der Waals surface area (Å²) in [6, 6.07) is 16.4. The first-order valence-electron chi connectivity index (χ1n) is 11.4. The van der Waals surface area contributed by atoms with E-state index in [4.69, 9.17) is 9.47 Å². The lowest BCUT2D eigenvalue weighted by Gasteiger charge is -2.27. The molecule has 7 nitrogen and oxygen atoms in total. The van der Waals surface area contributed by atoms with E-state index in [9.17, 15) is 9.59 Å². The summed E-state index contributed by atoms with van der Waals surface area (Å²) in [5, 5.41) is 5.90. The lowest BCUT2D eigenvalue weighted by Crippen LogP contribution is -2.25. The smallest absolute Gasteiger partial charge is 0.255 e. The number of rotatable bonds is 4. The summed E-state index contributed by atoms with van der Waals surface area (Å²) in [6.45, 7) is 3.91. The van der Waals surface area contributed by atoms with E-state index in [0.29, 0.717) is 47.2 Å². The molecular formula is C27H27N3O4. The van der Waals surface area contributed by atoms with Gasteiger partial charge in [0.05, 0.1) is 0 Å². The van der Waals surface area contributed by atoms with Crippen molar-refractivity contribution in [1.29, 1.82) is 0 Å². The minimum Gasteiger partial charge on any atom is -0.486 e. The first kappa shape index (κ1) is 21.8. The molecule has 0 unspecified atom stereocenters. The summed E-state index contributed by atoms with van der Waals surface area (Å²) in [7, 11) is 2.08. The number of amides is 2. The van der Waals surface area contributed by atoms with Crippen molar-refractivity contribution in [3.05, 3.63) is 76.9 Å². The molecule has 2 aliphatic rings. The van der Waals surface area contributed by atoms with Crippen molar-refractivity contribution < 1.29 is 19.1 Å². The first-order chi connectivity index (χ1) is 16.5. The summed E-state index contributed by atoms with van der Waals surface area (Å²) < 4.78 is 11.1. The Bertz CT molecular complexity index is 1270. The zero-order valence-electron chi connectivity index (χ0n) is 19.3.